The lowest BCUT2D eigenvalue weighted by Gasteiger charge is -2.10. The van der Waals surface area contributed by atoms with Gasteiger partial charge in [-0.15, -0.1) is 0 Å². The van der Waals surface area contributed by atoms with E-state index in [4.69, 9.17) is 5.11 Å². The van der Waals surface area contributed by atoms with Crippen molar-refractivity contribution >= 4 is 5.97 Å². The molecule has 0 saturated heterocycles. The summed E-state index contributed by atoms with van der Waals surface area (Å²) in [6.45, 7) is 3.31. The molecule has 0 amide bonds. The van der Waals surface area contributed by atoms with Crippen LogP contribution in [0.1, 0.15) is 35.7 Å². The summed E-state index contributed by atoms with van der Waals surface area (Å²) in [6, 6.07) is 1.53. The van der Waals surface area contributed by atoms with E-state index in [2.05, 4.69) is 0 Å². The molecule has 2 nitrogen and oxygen atoms in total. The van der Waals surface area contributed by atoms with Crippen LogP contribution in [0.25, 0.3) is 0 Å². The third-order valence-corrected chi connectivity index (χ3v) is 1.90. The summed E-state index contributed by atoms with van der Waals surface area (Å²) in [5.74, 6) is -3.28. The molecule has 0 heterocycles. The molecule has 1 N–H and O–H groups in total. The standard InChI is InChI=1S/C10H10F2O2/c1-5(2)9-7(10(13)14)3-6(11)4-8(9)12/h3-5H,1-2H3,(H,13,14). The van der Waals surface area contributed by atoms with Crippen molar-refractivity contribution in [3.05, 3.63) is 34.9 Å². The van der Waals surface area contributed by atoms with Crippen LogP contribution in [-0.2, 0) is 0 Å². The van der Waals surface area contributed by atoms with E-state index in [9.17, 15) is 13.6 Å². The van der Waals surface area contributed by atoms with E-state index in [-0.39, 0.29) is 17.0 Å². The molecule has 1 aromatic rings. The Kier molecular flexibility index (Phi) is 2.84. The van der Waals surface area contributed by atoms with Gasteiger partial charge >= 0.3 is 5.97 Å². The summed E-state index contributed by atoms with van der Waals surface area (Å²) in [5, 5.41) is 8.73. The second-order valence-electron chi connectivity index (χ2n) is 3.31. The summed E-state index contributed by atoms with van der Waals surface area (Å²) in [5.41, 5.74) is -0.267. The highest BCUT2D eigenvalue weighted by molar-refractivity contribution is 5.89. The first-order valence-electron chi connectivity index (χ1n) is 4.15. The Labute approximate surface area is 80.2 Å². The van der Waals surface area contributed by atoms with Crippen LogP contribution in [0.4, 0.5) is 8.78 Å². The average molecular weight is 200 g/mol. The Bertz CT molecular complexity index is 373. The minimum Gasteiger partial charge on any atom is -0.478 e. The maximum Gasteiger partial charge on any atom is 0.336 e. The van der Waals surface area contributed by atoms with Crippen molar-refractivity contribution in [1.82, 2.24) is 0 Å². The van der Waals surface area contributed by atoms with Crippen molar-refractivity contribution in [2.45, 2.75) is 19.8 Å². The quantitative estimate of drug-likeness (QED) is 0.796. The molecule has 1 aromatic carbocycles. The van der Waals surface area contributed by atoms with Crippen molar-refractivity contribution in [1.29, 1.82) is 0 Å². The molecule has 1 rings (SSSR count). The minimum absolute atomic E-state index is 0.0406. The molecule has 0 spiro atoms. The molecule has 76 valence electrons. The van der Waals surface area contributed by atoms with Crippen LogP contribution < -0.4 is 0 Å². The van der Waals surface area contributed by atoms with Crippen LogP contribution >= 0.6 is 0 Å². The Balaban J connectivity index is 3.44. The van der Waals surface area contributed by atoms with Crippen molar-refractivity contribution in [3.63, 3.8) is 0 Å². The smallest absolute Gasteiger partial charge is 0.336 e. The van der Waals surface area contributed by atoms with Gasteiger partial charge in [0.15, 0.2) is 0 Å². The van der Waals surface area contributed by atoms with Crippen LogP contribution in [0, 0.1) is 11.6 Å². The van der Waals surface area contributed by atoms with Gasteiger partial charge in [-0.25, -0.2) is 13.6 Å². The molecule has 0 unspecified atom stereocenters. The predicted octanol–water partition coefficient (Wildman–Crippen LogP) is 2.79. The number of aromatic carboxylic acids is 1. The summed E-state index contributed by atoms with van der Waals surface area (Å²) in [6.07, 6.45) is 0. The first kappa shape index (κ1) is 10.6. The van der Waals surface area contributed by atoms with Gasteiger partial charge < -0.3 is 5.11 Å². The SMILES string of the molecule is CC(C)c1c(F)cc(F)cc1C(=O)O. The number of halogens is 2. The Morgan fingerprint density at radius 3 is 2.36 bits per heavy atom. The summed E-state index contributed by atoms with van der Waals surface area (Å²) in [4.78, 5) is 10.7. The van der Waals surface area contributed by atoms with Crippen LogP contribution in [-0.4, -0.2) is 11.1 Å². The van der Waals surface area contributed by atoms with Crippen molar-refractivity contribution < 1.29 is 18.7 Å². The first-order valence-corrected chi connectivity index (χ1v) is 4.15. The number of carboxylic acid groups (broad SMARTS) is 1. The molecule has 0 aromatic heterocycles. The largest absolute Gasteiger partial charge is 0.478 e. The van der Waals surface area contributed by atoms with E-state index in [0.717, 1.165) is 6.07 Å². The molecule has 0 atom stereocenters. The molecule has 0 saturated carbocycles. The number of benzene rings is 1. The van der Waals surface area contributed by atoms with Crippen molar-refractivity contribution in [3.8, 4) is 0 Å². The molecule has 0 radical (unpaired) electrons. The van der Waals surface area contributed by atoms with Gasteiger partial charge in [-0.1, -0.05) is 13.8 Å². The van der Waals surface area contributed by atoms with Gasteiger partial charge in [0.05, 0.1) is 5.56 Å². The molecule has 14 heavy (non-hydrogen) atoms. The van der Waals surface area contributed by atoms with Gasteiger partial charge in [0.2, 0.25) is 0 Å². The second kappa shape index (κ2) is 3.74. The van der Waals surface area contributed by atoms with Crippen LogP contribution in [0.2, 0.25) is 0 Å². The predicted molar refractivity (Wildman–Crippen MR) is 47.4 cm³/mol. The van der Waals surface area contributed by atoms with Crippen LogP contribution in [0.15, 0.2) is 12.1 Å². The average Bonchev–Trinajstić information content (AvgIpc) is 2.01. The van der Waals surface area contributed by atoms with E-state index in [1.807, 2.05) is 0 Å². The summed E-state index contributed by atoms with van der Waals surface area (Å²) in [7, 11) is 0. The fourth-order valence-corrected chi connectivity index (χ4v) is 1.35. The molecule has 0 bridgehead atoms. The molecular formula is C10H10F2O2. The van der Waals surface area contributed by atoms with Gasteiger partial charge in [0.25, 0.3) is 0 Å². The highest BCUT2D eigenvalue weighted by atomic mass is 19.1. The van der Waals surface area contributed by atoms with Crippen molar-refractivity contribution in [2.75, 3.05) is 0 Å². The van der Waals surface area contributed by atoms with Gasteiger partial charge in [-0.3, -0.25) is 0 Å². The number of rotatable bonds is 2. The number of carbonyl (C=O) groups is 1. The summed E-state index contributed by atoms with van der Waals surface area (Å²) >= 11 is 0. The molecule has 0 aliphatic carbocycles. The Morgan fingerprint density at radius 1 is 1.36 bits per heavy atom. The van der Waals surface area contributed by atoms with E-state index < -0.39 is 17.6 Å². The Hall–Kier alpha value is -1.45. The highest BCUT2D eigenvalue weighted by Gasteiger charge is 2.18. The molecule has 0 aliphatic rings. The topological polar surface area (TPSA) is 37.3 Å². The van der Waals surface area contributed by atoms with E-state index in [0.29, 0.717) is 6.07 Å². The van der Waals surface area contributed by atoms with E-state index in [1.165, 1.54) is 0 Å². The van der Waals surface area contributed by atoms with Gasteiger partial charge in [0.1, 0.15) is 11.6 Å². The molecular weight excluding hydrogens is 190 g/mol. The van der Waals surface area contributed by atoms with E-state index in [1.54, 1.807) is 13.8 Å². The first-order chi connectivity index (χ1) is 6.43. The third-order valence-electron chi connectivity index (χ3n) is 1.90. The maximum absolute atomic E-state index is 13.2. The molecule has 4 heteroatoms. The monoisotopic (exact) mass is 200 g/mol. The number of hydrogen-bond acceptors (Lipinski definition) is 1. The normalized spacial score (nSPS) is 10.6. The lowest BCUT2D eigenvalue weighted by atomic mass is 9.96. The Morgan fingerprint density at radius 2 is 1.93 bits per heavy atom. The van der Waals surface area contributed by atoms with Gasteiger partial charge in [-0.05, 0) is 12.0 Å². The molecule has 0 fully saturated rings. The number of carboxylic acids is 1. The third kappa shape index (κ3) is 1.89. The fourth-order valence-electron chi connectivity index (χ4n) is 1.35. The van der Waals surface area contributed by atoms with E-state index >= 15 is 0 Å². The highest BCUT2D eigenvalue weighted by Crippen LogP contribution is 2.24. The zero-order valence-electron chi connectivity index (χ0n) is 7.84. The van der Waals surface area contributed by atoms with Gasteiger partial charge in [-0.2, -0.15) is 0 Å². The fraction of sp³-hybridized carbons (Fsp3) is 0.300. The number of hydrogen-bond donors (Lipinski definition) is 1. The second-order valence-corrected chi connectivity index (χ2v) is 3.31. The van der Waals surface area contributed by atoms with Crippen LogP contribution in [0.5, 0.6) is 0 Å². The molecule has 0 aliphatic heterocycles. The van der Waals surface area contributed by atoms with Crippen molar-refractivity contribution in [2.24, 2.45) is 0 Å². The van der Waals surface area contributed by atoms with Crippen LogP contribution in [0.3, 0.4) is 0 Å². The minimum atomic E-state index is -1.31. The lowest BCUT2D eigenvalue weighted by molar-refractivity contribution is 0.0694. The zero-order valence-corrected chi connectivity index (χ0v) is 7.84. The maximum atomic E-state index is 13.2. The lowest BCUT2D eigenvalue weighted by Crippen LogP contribution is -2.07. The van der Waals surface area contributed by atoms with Gasteiger partial charge in [0, 0.05) is 11.6 Å². The zero-order chi connectivity index (χ0) is 10.9. The summed E-state index contributed by atoms with van der Waals surface area (Å²) < 4.78 is 25.9.